The van der Waals surface area contributed by atoms with Gasteiger partial charge in [0.25, 0.3) is 5.91 Å². The molecule has 1 aromatic carbocycles. The third-order valence-electron chi connectivity index (χ3n) is 5.78. The van der Waals surface area contributed by atoms with Gasteiger partial charge in [-0.25, -0.2) is 0 Å². The summed E-state index contributed by atoms with van der Waals surface area (Å²) >= 11 is 0. The highest BCUT2D eigenvalue weighted by Gasteiger charge is 2.29. The minimum absolute atomic E-state index is 0.0657. The number of nitrogens with zero attached hydrogens (tertiary/aromatic N) is 3. The molecule has 164 valence electrons. The smallest absolute Gasteiger partial charge is 0.258 e. The maximum atomic E-state index is 13.3. The van der Waals surface area contributed by atoms with Crippen molar-refractivity contribution in [2.24, 2.45) is 0 Å². The molecule has 0 bridgehead atoms. The molecule has 0 radical (unpaired) electrons. The molecular weight excluding hydrogens is 398 g/mol. The van der Waals surface area contributed by atoms with Crippen LogP contribution >= 0.6 is 0 Å². The Balaban J connectivity index is 1.58. The fraction of sp³-hybridized carbons (Fsp3) is 0.435. The molecule has 0 atom stereocenters. The minimum atomic E-state index is -0.0657. The van der Waals surface area contributed by atoms with E-state index in [4.69, 9.17) is 18.4 Å². The number of benzene rings is 1. The van der Waals surface area contributed by atoms with E-state index in [1.165, 1.54) is 6.42 Å². The molecule has 2 aromatic heterocycles. The van der Waals surface area contributed by atoms with Gasteiger partial charge in [0.15, 0.2) is 11.5 Å². The summed E-state index contributed by atoms with van der Waals surface area (Å²) in [4.78, 5) is 19.7. The molecule has 0 unspecified atom stereocenters. The summed E-state index contributed by atoms with van der Waals surface area (Å²) in [6.45, 7) is 2.06. The first-order chi connectivity index (χ1) is 15.1. The van der Waals surface area contributed by atoms with E-state index >= 15 is 0 Å². The van der Waals surface area contributed by atoms with Gasteiger partial charge >= 0.3 is 0 Å². The molecule has 0 aliphatic heterocycles. The lowest BCUT2D eigenvalue weighted by Gasteiger charge is -2.33. The second kappa shape index (κ2) is 9.24. The normalized spacial score (nSPS) is 14.4. The van der Waals surface area contributed by atoms with Gasteiger partial charge in [-0.15, -0.1) is 0 Å². The lowest BCUT2D eigenvalue weighted by atomic mass is 9.93. The highest BCUT2D eigenvalue weighted by Crippen LogP contribution is 2.32. The van der Waals surface area contributed by atoms with Crippen LogP contribution in [0.5, 0.6) is 11.5 Å². The Morgan fingerprint density at radius 3 is 2.58 bits per heavy atom. The van der Waals surface area contributed by atoms with Crippen LogP contribution in [0.25, 0.3) is 11.4 Å². The van der Waals surface area contributed by atoms with E-state index in [1.54, 1.807) is 45.6 Å². The molecule has 4 rings (SSSR count). The second-order valence-corrected chi connectivity index (χ2v) is 7.70. The van der Waals surface area contributed by atoms with E-state index in [2.05, 4.69) is 10.1 Å². The molecule has 0 spiro atoms. The van der Waals surface area contributed by atoms with Gasteiger partial charge in [-0.05, 0) is 44.0 Å². The van der Waals surface area contributed by atoms with E-state index in [1.807, 2.05) is 11.0 Å². The first-order valence-corrected chi connectivity index (χ1v) is 10.5. The van der Waals surface area contributed by atoms with Crippen molar-refractivity contribution in [1.29, 1.82) is 0 Å². The van der Waals surface area contributed by atoms with Gasteiger partial charge in [0, 0.05) is 11.6 Å². The zero-order valence-electron chi connectivity index (χ0n) is 18.1. The quantitative estimate of drug-likeness (QED) is 0.545. The molecular formula is C23H27N3O5. The highest BCUT2D eigenvalue weighted by molar-refractivity contribution is 5.95. The number of aromatic nitrogens is 2. The van der Waals surface area contributed by atoms with Gasteiger partial charge in [-0.3, -0.25) is 4.79 Å². The van der Waals surface area contributed by atoms with E-state index in [9.17, 15) is 4.79 Å². The zero-order chi connectivity index (χ0) is 21.8. The Kier molecular flexibility index (Phi) is 6.25. The third-order valence-corrected chi connectivity index (χ3v) is 5.78. The molecule has 2 heterocycles. The van der Waals surface area contributed by atoms with Gasteiger partial charge in [0.1, 0.15) is 12.3 Å². The lowest BCUT2D eigenvalue weighted by molar-refractivity contribution is 0.0584. The van der Waals surface area contributed by atoms with Crippen molar-refractivity contribution >= 4 is 5.91 Å². The minimum Gasteiger partial charge on any atom is -0.493 e. The van der Waals surface area contributed by atoms with Crippen LogP contribution < -0.4 is 9.47 Å². The Morgan fingerprint density at radius 2 is 1.90 bits per heavy atom. The summed E-state index contributed by atoms with van der Waals surface area (Å²) in [6, 6.07) is 7.30. The van der Waals surface area contributed by atoms with Gasteiger partial charge in [0.2, 0.25) is 11.7 Å². The van der Waals surface area contributed by atoms with Crippen molar-refractivity contribution in [3.05, 3.63) is 47.7 Å². The van der Waals surface area contributed by atoms with Crippen molar-refractivity contribution in [3.63, 3.8) is 0 Å². The van der Waals surface area contributed by atoms with Gasteiger partial charge in [-0.1, -0.05) is 24.4 Å². The van der Waals surface area contributed by atoms with Crippen molar-refractivity contribution < 1.29 is 23.2 Å². The van der Waals surface area contributed by atoms with Crippen LogP contribution in [0.3, 0.4) is 0 Å². The predicted octanol–water partition coefficient (Wildman–Crippen LogP) is 4.63. The summed E-state index contributed by atoms with van der Waals surface area (Å²) < 4.78 is 21.5. The standard InChI is InChI=1S/C23H27N3O5/c1-15-18(11-12-30-15)23(27)26(17-7-5-4-6-8-17)14-21-24-22(25-31-21)16-9-10-19(28-2)20(13-16)29-3/h9-13,17H,4-8,14H2,1-3H3. The first kappa shape index (κ1) is 21.0. The van der Waals surface area contributed by atoms with Gasteiger partial charge in [0.05, 0.1) is 26.0 Å². The zero-order valence-corrected chi connectivity index (χ0v) is 18.1. The number of ether oxygens (including phenoxy) is 2. The third kappa shape index (κ3) is 4.42. The average molecular weight is 425 g/mol. The largest absolute Gasteiger partial charge is 0.493 e. The molecule has 8 nitrogen and oxygen atoms in total. The summed E-state index contributed by atoms with van der Waals surface area (Å²) in [6.07, 6.45) is 6.91. The monoisotopic (exact) mass is 425 g/mol. The van der Waals surface area contributed by atoms with E-state index < -0.39 is 0 Å². The molecule has 3 aromatic rings. The number of hydrogen-bond acceptors (Lipinski definition) is 7. The number of carbonyl (C=O) groups is 1. The summed E-state index contributed by atoms with van der Waals surface area (Å²) in [5.74, 6) is 2.59. The molecule has 31 heavy (non-hydrogen) atoms. The summed E-state index contributed by atoms with van der Waals surface area (Å²) in [7, 11) is 3.16. The van der Waals surface area contributed by atoms with Crippen molar-refractivity contribution in [2.45, 2.75) is 51.6 Å². The first-order valence-electron chi connectivity index (χ1n) is 10.5. The Labute approximate surface area is 181 Å². The number of carbonyl (C=O) groups excluding carboxylic acids is 1. The average Bonchev–Trinajstić information content (AvgIpc) is 3.46. The van der Waals surface area contributed by atoms with Crippen LogP contribution in [0.2, 0.25) is 0 Å². The van der Waals surface area contributed by atoms with E-state index in [-0.39, 0.29) is 18.5 Å². The van der Waals surface area contributed by atoms with Crippen LogP contribution in [-0.4, -0.2) is 41.2 Å². The van der Waals surface area contributed by atoms with Crippen molar-refractivity contribution in [1.82, 2.24) is 15.0 Å². The molecule has 0 N–H and O–H groups in total. The van der Waals surface area contributed by atoms with Crippen LogP contribution in [0, 0.1) is 6.92 Å². The number of hydrogen-bond donors (Lipinski definition) is 0. The number of amides is 1. The van der Waals surface area contributed by atoms with Gasteiger partial charge in [-0.2, -0.15) is 4.98 Å². The highest BCUT2D eigenvalue weighted by atomic mass is 16.5. The molecule has 8 heteroatoms. The van der Waals surface area contributed by atoms with Crippen LogP contribution in [0.4, 0.5) is 0 Å². The van der Waals surface area contributed by atoms with E-state index in [0.717, 1.165) is 31.2 Å². The van der Waals surface area contributed by atoms with Crippen molar-refractivity contribution in [2.75, 3.05) is 14.2 Å². The SMILES string of the molecule is COc1ccc(-c2noc(CN(C(=O)c3ccoc3C)C3CCCCC3)n2)cc1OC. The number of rotatable bonds is 7. The Morgan fingerprint density at radius 1 is 1.13 bits per heavy atom. The van der Waals surface area contributed by atoms with Crippen LogP contribution in [0.1, 0.15) is 54.1 Å². The molecule has 1 fully saturated rings. The summed E-state index contributed by atoms with van der Waals surface area (Å²) in [5.41, 5.74) is 1.32. The molecule has 0 saturated heterocycles. The summed E-state index contributed by atoms with van der Waals surface area (Å²) in [5, 5.41) is 4.12. The van der Waals surface area contributed by atoms with E-state index in [0.29, 0.717) is 34.5 Å². The van der Waals surface area contributed by atoms with Crippen molar-refractivity contribution in [3.8, 4) is 22.9 Å². The maximum absolute atomic E-state index is 13.3. The molecule has 1 amide bonds. The number of methoxy groups -OCH3 is 2. The fourth-order valence-electron chi connectivity index (χ4n) is 4.08. The molecule has 1 aliphatic carbocycles. The van der Waals surface area contributed by atoms with Gasteiger partial charge < -0.3 is 23.3 Å². The Hall–Kier alpha value is -3.29. The lowest BCUT2D eigenvalue weighted by Crippen LogP contribution is -2.41. The number of furan rings is 1. The number of aryl methyl sites for hydroxylation is 1. The van der Waals surface area contributed by atoms with Crippen LogP contribution in [0.15, 0.2) is 39.5 Å². The second-order valence-electron chi connectivity index (χ2n) is 7.70. The maximum Gasteiger partial charge on any atom is 0.258 e. The van der Waals surface area contributed by atoms with Crippen LogP contribution in [-0.2, 0) is 6.54 Å². The topological polar surface area (TPSA) is 90.8 Å². The molecule has 1 saturated carbocycles. The Bertz CT molecular complexity index is 1040. The molecule has 1 aliphatic rings. The predicted molar refractivity (Wildman–Crippen MR) is 113 cm³/mol. The fourth-order valence-corrected chi connectivity index (χ4v) is 4.08.